The summed E-state index contributed by atoms with van der Waals surface area (Å²) in [6, 6.07) is 3.28. The highest BCUT2D eigenvalue weighted by atomic mass is 35.5. The van der Waals surface area contributed by atoms with E-state index in [1.165, 1.54) is 13.3 Å². The average molecular weight is 311 g/mol. The lowest BCUT2D eigenvalue weighted by Crippen LogP contribution is -2.03. The molecule has 2 rings (SSSR count). The maximum absolute atomic E-state index is 9.14. The molecule has 21 heavy (non-hydrogen) atoms. The molecule has 0 fully saturated rings. The zero-order valence-electron chi connectivity index (χ0n) is 11.3. The summed E-state index contributed by atoms with van der Waals surface area (Å²) in [5.74, 6) is 1.36. The van der Waals surface area contributed by atoms with E-state index in [2.05, 4.69) is 9.97 Å². The fourth-order valence-electron chi connectivity index (χ4n) is 1.74. The van der Waals surface area contributed by atoms with Crippen LogP contribution in [-0.2, 0) is 6.42 Å². The fourth-order valence-corrected chi connectivity index (χ4v) is 1.97. The second kappa shape index (κ2) is 6.47. The van der Waals surface area contributed by atoms with Crippen molar-refractivity contribution in [2.24, 2.45) is 0 Å². The third-order valence-corrected chi connectivity index (χ3v) is 3.03. The molecule has 0 spiro atoms. The van der Waals surface area contributed by atoms with Crippen LogP contribution in [0, 0.1) is 0 Å². The summed E-state index contributed by atoms with van der Waals surface area (Å²) in [6.07, 6.45) is 1.75. The summed E-state index contributed by atoms with van der Waals surface area (Å²) in [4.78, 5) is 7.64. The Morgan fingerprint density at radius 1 is 1.24 bits per heavy atom. The van der Waals surface area contributed by atoms with Crippen LogP contribution in [0.2, 0.25) is 5.02 Å². The zero-order chi connectivity index (χ0) is 15.4. The highest BCUT2D eigenvalue weighted by molar-refractivity contribution is 6.32. The van der Waals surface area contributed by atoms with Gasteiger partial charge in [-0.3, -0.25) is 0 Å². The van der Waals surface area contributed by atoms with Crippen molar-refractivity contribution < 1.29 is 14.6 Å². The fraction of sp³-hybridized carbons (Fsp3) is 0.231. The summed E-state index contributed by atoms with van der Waals surface area (Å²) in [7, 11) is 1.51. The molecule has 0 atom stereocenters. The smallest absolute Gasteiger partial charge is 0.222 e. The van der Waals surface area contributed by atoms with Crippen molar-refractivity contribution in [1.82, 2.24) is 9.97 Å². The van der Waals surface area contributed by atoms with Crippen LogP contribution in [0.25, 0.3) is 0 Å². The molecule has 1 heterocycles. The van der Waals surface area contributed by atoms with E-state index in [-0.39, 0.29) is 24.1 Å². The minimum atomic E-state index is -0.0468. The molecule has 7 nitrogen and oxygen atoms in total. The lowest BCUT2D eigenvalue weighted by atomic mass is 10.1. The first-order chi connectivity index (χ1) is 10.0. The molecule has 1 aromatic carbocycles. The van der Waals surface area contributed by atoms with Crippen LogP contribution >= 0.6 is 11.6 Å². The predicted molar refractivity (Wildman–Crippen MR) is 79.7 cm³/mol. The van der Waals surface area contributed by atoms with Gasteiger partial charge in [0.05, 0.1) is 18.3 Å². The molecule has 0 aliphatic carbocycles. The van der Waals surface area contributed by atoms with Crippen LogP contribution in [0.5, 0.6) is 17.2 Å². The molecule has 0 unspecified atom stereocenters. The molecule has 8 heteroatoms. The van der Waals surface area contributed by atoms with Gasteiger partial charge < -0.3 is 26.0 Å². The number of aliphatic hydroxyl groups is 1. The summed E-state index contributed by atoms with van der Waals surface area (Å²) >= 11 is 6.08. The molecule has 0 aliphatic heterocycles. The van der Waals surface area contributed by atoms with Gasteiger partial charge in [0.25, 0.3) is 0 Å². The summed E-state index contributed by atoms with van der Waals surface area (Å²) in [6.45, 7) is -0.0468. The van der Waals surface area contributed by atoms with Crippen LogP contribution in [0.4, 0.5) is 11.8 Å². The number of aromatic nitrogens is 2. The van der Waals surface area contributed by atoms with Gasteiger partial charge in [-0.05, 0) is 12.5 Å². The molecular weight excluding hydrogens is 296 g/mol. The lowest BCUT2D eigenvalue weighted by molar-refractivity contribution is 0.297. The zero-order valence-corrected chi connectivity index (χ0v) is 12.1. The van der Waals surface area contributed by atoms with Crippen LogP contribution in [0.3, 0.4) is 0 Å². The second-order valence-electron chi connectivity index (χ2n) is 4.15. The number of aliphatic hydroxyl groups excluding tert-OH is 1. The SMILES string of the molecule is COc1cc(CCO)c(Oc2cnc(N)nc2N)cc1Cl. The van der Waals surface area contributed by atoms with Crippen molar-refractivity contribution in [3.05, 3.63) is 28.9 Å². The topological polar surface area (TPSA) is 117 Å². The molecule has 0 aliphatic rings. The summed E-state index contributed by atoms with van der Waals surface area (Å²) < 4.78 is 10.8. The van der Waals surface area contributed by atoms with Gasteiger partial charge in [-0.15, -0.1) is 0 Å². The monoisotopic (exact) mass is 310 g/mol. The maximum Gasteiger partial charge on any atom is 0.222 e. The number of rotatable bonds is 5. The molecular formula is C13H15ClN4O3. The van der Waals surface area contributed by atoms with Crippen molar-refractivity contribution in [2.45, 2.75) is 6.42 Å². The number of anilines is 2. The van der Waals surface area contributed by atoms with Gasteiger partial charge in [0.2, 0.25) is 5.95 Å². The number of nitrogens with two attached hydrogens (primary N) is 2. The number of methoxy groups -OCH3 is 1. The highest BCUT2D eigenvalue weighted by Crippen LogP contribution is 2.36. The Morgan fingerprint density at radius 2 is 2.00 bits per heavy atom. The highest BCUT2D eigenvalue weighted by Gasteiger charge is 2.13. The Labute approximate surface area is 126 Å². The van der Waals surface area contributed by atoms with Gasteiger partial charge >= 0.3 is 0 Å². The molecule has 0 saturated carbocycles. The standard InChI is InChI=1S/C13H15ClN4O3/c1-20-10-4-7(2-3-19)9(5-8(10)14)21-11-6-17-13(16)18-12(11)15/h4-6,19H,2-3H2,1H3,(H4,15,16,17,18). The van der Waals surface area contributed by atoms with E-state index in [1.807, 2.05) is 0 Å². The van der Waals surface area contributed by atoms with E-state index in [9.17, 15) is 0 Å². The Balaban J connectivity index is 2.40. The number of nitrogen functional groups attached to an aromatic ring is 2. The first-order valence-corrected chi connectivity index (χ1v) is 6.46. The van der Waals surface area contributed by atoms with Gasteiger partial charge in [-0.25, -0.2) is 4.98 Å². The number of ether oxygens (including phenoxy) is 2. The molecule has 1 aromatic heterocycles. The molecule has 0 amide bonds. The van der Waals surface area contributed by atoms with Gasteiger partial charge in [0.15, 0.2) is 11.6 Å². The number of hydrogen-bond acceptors (Lipinski definition) is 7. The average Bonchev–Trinajstić information content (AvgIpc) is 2.44. The van der Waals surface area contributed by atoms with Gasteiger partial charge in [-0.1, -0.05) is 11.6 Å². The molecule has 112 valence electrons. The van der Waals surface area contributed by atoms with Crippen molar-refractivity contribution in [3.63, 3.8) is 0 Å². The van der Waals surface area contributed by atoms with Crippen molar-refractivity contribution >= 4 is 23.4 Å². The number of hydrogen-bond donors (Lipinski definition) is 3. The Hall–Kier alpha value is -2.25. The quantitative estimate of drug-likeness (QED) is 0.768. The number of nitrogens with zero attached hydrogens (tertiary/aromatic N) is 2. The van der Waals surface area contributed by atoms with Crippen molar-refractivity contribution in [1.29, 1.82) is 0 Å². The van der Waals surface area contributed by atoms with E-state index in [1.54, 1.807) is 12.1 Å². The third-order valence-electron chi connectivity index (χ3n) is 2.74. The van der Waals surface area contributed by atoms with Crippen LogP contribution < -0.4 is 20.9 Å². The Kier molecular flexibility index (Phi) is 4.66. The third kappa shape index (κ3) is 3.45. The first kappa shape index (κ1) is 15.1. The molecule has 0 radical (unpaired) electrons. The second-order valence-corrected chi connectivity index (χ2v) is 4.56. The normalized spacial score (nSPS) is 10.4. The van der Waals surface area contributed by atoms with Crippen molar-refractivity contribution in [3.8, 4) is 17.2 Å². The van der Waals surface area contributed by atoms with E-state index in [4.69, 9.17) is 37.6 Å². The van der Waals surface area contributed by atoms with Crippen molar-refractivity contribution in [2.75, 3.05) is 25.2 Å². The van der Waals surface area contributed by atoms with Crippen LogP contribution in [0.1, 0.15) is 5.56 Å². The first-order valence-electron chi connectivity index (χ1n) is 6.08. The molecule has 5 N–H and O–H groups in total. The Bertz CT molecular complexity index is 652. The van der Waals surface area contributed by atoms with E-state index in [0.717, 1.165) is 5.56 Å². The van der Waals surface area contributed by atoms with Crippen LogP contribution in [0.15, 0.2) is 18.3 Å². The minimum Gasteiger partial charge on any atom is -0.495 e. The van der Waals surface area contributed by atoms with Gasteiger partial charge in [0.1, 0.15) is 11.5 Å². The van der Waals surface area contributed by atoms with E-state index >= 15 is 0 Å². The minimum absolute atomic E-state index is 0.0468. The summed E-state index contributed by atoms with van der Waals surface area (Å²) in [5, 5.41) is 9.52. The summed E-state index contributed by atoms with van der Waals surface area (Å²) in [5.41, 5.74) is 11.9. The molecule has 2 aromatic rings. The largest absolute Gasteiger partial charge is 0.495 e. The van der Waals surface area contributed by atoms with Gasteiger partial charge in [0, 0.05) is 18.2 Å². The molecule has 0 bridgehead atoms. The van der Waals surface area contributed by atoms with Gasteiger partial charge in [-0.2, -0.15) is 4.98 Å². The predicted octanol–water partition coefficient (Wildman–Crippen LogP) is 1.63. The molecule has 0 saturated heterocycles. The number of benzene rings is 1. The number of halogens is 1. The lowest BCUT2D eigenvalue weighted by Gasteiger charge is -2.14. The van der Waals surface area contributed by atoms with Crippen LogP contribution in [-0.4, -0.2) is 28.8 Å². The van der Waals surface area contributed by atoms with E-state index < -0.39 is 0 Å². The Morgan fingerprint density at radius 3 is 2.62 bits per heavy atom. The maximum atomic E-state index is 9.14. The van der Waals surface area contributed by atoms with E-state index in [0.29, 0.717) is 22.9 Å².